The molecule has 0 N–H and O–H groups in total. The highest BCUT2D eigenvalue weighted by molar-refractivity contribution is 7.25. The van der Waals surface area contributed by atoms with Crippen LogP contribution in [0, 0.1) is 0 Å². The molecule has 7 rings (SSSR count). The van der Waals surface area contributed by atoms with Gasteiger partial charge in [0, 0.05) is 44.2 Å². The van der Waals surface area contributed by atoms with Crippen molar-refractivity contribution in [1.29, 1.82) is 0 Å². The average molecular weight is 429 g/mol. The van der Waals surface area contributed by atoms with E-state index in [0.717, 1.165) is 32.5 Å². The quantitative estimate of drug-likeness (QED) is 0.298. The summed E-state index contributed by atoms with van der Waals surface area (Å²) in [6, 6.07) is 29.4. The molecule has 0 aliphatic rings. The van der Waals surface area contributed by atoms with Crippen molar-refractivity contribution in [3.63, 3.8) is 0 Å². The zero-order valence-electron chi connectivity index (χ0n) is 16.9. The van der Waals surface area contributed by atoms with Gasteiger partial charge in [-0.1, -0.05) is 54.6 Å². The lowest BCUT2D eigenvalue weighted by molar-refractivity contribution is 1.02. The van der Waals surface area contributed by atoms with Gasteiger partial charge in [0.05, 0.1) is 16.7 Å². The lowest BCUT2D eigenvalue weighted by Gasteiger charge is -2.10. The van der Waals surface area contributed by atoms with Crippen molar-refractivity contribution in [2.75, 3.05) is 0 Å². The van der Waals surface area contributed by atoms with Crippen molar-refractivity contribution in [3.05, 3.63) is 97.3 Å². The number of para-hydroxylation sites is 2. The Hall–Kier alpha value is -4.09. The minimum atomic E-state index is 0.688. The molecule has 32 heavy (non-hydrogen) atoms. The molecule has 0 spiro atoms. The molecule has 150 valence electrons. The summed E-state index contributed by atoms with van der Waals surface area (Å²) in [7, 11) is 0. The average Bonchev–Trinajstić information content (AvgIpc) is 3.40. The standard InChI is InChI=1S/C27H16N4S/c1-4-10-21-18(7-1)19-8-2-5-11-22(19)31(21)27-29-25(17-13-15-28-16-14-17)24-20-9-3-6-12-23(20)32-26(24)30-27/h1-16H. The second-order valence-corrected chi connectivity index (χ2v) is 8.79. The predicted molar refractivity (Wildman–Crippen MR) is 132 cm³/mol. The van der Waals surface area contributed by atoms with Gasteiger partial charge in [-0.3, -0.25) is 9.55 Å². The molecule has 7 aromatic rings. The van der Waals surface area contributed by atoms with Gasteiger partial charge in [0.2, 0.25) is 5.95 Å². The van der Waals surface area contributed by atoms with Gasteiger partial charge in [-0.2, -0.15) is 0 Å². The fourth-order valence-electron chi connectivity index (χ4n) is 4.57. The van der Waals surface area contributed by atoms with Gasteiger partial charge >= 0.3 is 0 Å². The van der Waals surface area contributed by atoms with Gasteiger partial charge in [0.15, 0.2) is 0 Å². The van der Waals surface area contributed by atoms with Crippen LogP contribution in [0.1, 0.15) is 0 Å². The van der Waals surface area contributed by atoms with E-state index >= 15 is 0 Å². The minimum absolute atomic E-state index is 0.688. The Morgan fingerprint density at radius 3 is 1.97 bits per heavy atom. The van der Waals surface area contributed by atoms with E-state index in [1.165, 1.54) is 20.9 Å². The number of thiophene rings is 1. The molecule has 0 saturated carbocycles. The van der Waals surface area contributed by atoms with Crippen LogP contribution in [-0.4, -0.2) is 19.5 Å². The first kappa shape index (κ1) is 17.6. The number of benzene rings is 3. The van der Waals surface area contributed by atoms with Crippen LogP contribution < -0.4 is 0 Å². The summed E-state index contributed by atoms with van der Waals surface area (Å²) in [5.41, 5.74) is 4.19. The molecular weight excluding hydrogens is 412 g/mol. The fraction of sp³-hybridized carbons (Fsp3) is 0. The smallest absolute Gasteiger partial charge is 0.236 e. The highest BCUT2D eigenvalue weighted by Crippen LogP contribution is 2.39. The maximum Gasteiger partial charge on any atom is 0.236 e. The monoisotopic (exact) mass is 428 g/mol. The number of aromatic nitrogens is 4. The predicted octanol–water partition coefficient (Wildman–Crippen LogP) is 7.00. The summed E-state index contributed by atoms with van der Waals surface area (Å²) >= 11 is 1.71. The molecular formula is C27H16N4S. The summed E-state index contributed by atoms with van der Waals surface area (Å²) in [5, 5.41) is 4.69. The Kier molecular flexibility index (Phi) is 3.68. The van der Waals surface area contributed by atoms with Crippen LogP contribution in [0.15, 0.2) is 97.3 Å². The molecule has 0 amide bonds. The van der Waals surface area contributed by atoms with Crippen molar-refractivity contribution in [2.24, 2.45) is 0 Å². The minimum Gasteiger partial charge on any atom is -0.278 e. The zero-order valence-corrected chi connectivity index (χ0v) is 17.8. The van der Waals surface area contributed by atoms with Gasteiger partial charge < -0.3 is 0 Å². The van der Waals surface area contributed by atoms with Gasteiger partial charge in [-0.25, -0.2) is 9.97 Å². The first-order chi connectivity index (χ1) is 15.9. The summed E-state index contributed by atoms with van der Waals surface area (Å²) in [6.07, 6.45) is 3.63. The Bertz CT molecular complexity index is 1730. The number of fused-ring (bicyclic) bond motifs is 6. The van der Waals surface area contributed by atoms with Crippen molar-refractivity contribution >= 4 is 53.4 Å². The van der Waals surface area contributed by atoms with Crippen molar-refractivity contribution in [1.82, 2.24) is 19.5 Å². The van der Waals surface area contributed by atoms with Crippen LogP contribution in [0.5, 0.6) is 0 Å². The lowest BCUT2D eigenvalue weighted by Crippen LogP contribution is -2.02. The first-order valence-electron chi connectivity index (χ1n) is 10.5. The Balaban J connectivity index is 1.65. The SMILES string of the molecule is c1ccc2c(c1)sc1nc(-n3c4ccccc4c4ccccc43)nc(-c3ccncc3)c12. The summed E-state index contributed by atoms with van der Waals surface area (Å²) in [5.74, 6) is 0.688. The number of hydrogen-bond acceptors (Lipinski definition) is 4. The zero-order chi connectivity index (χ0) is 21.1. The summed E-state index contributed by atoms with van der Waals surface area (Å²) in [6.45, 7) is 0. The second-order valence-electron chi connectivity index (χ2n) is 7.76. The third-order valence-corrected chi connectivity index (χ3v) is 7.03. The number of rotatable bonds is 2. The molecule has 0 aliphatic heterocycles. The Morgan fingerprint density at radius 2 is 1.25 bits per heavy atom. The molecule has 4 aromatic heterocycles. The van der Waals surface area contributed by atoms with E-state index in [-0.39, 0.29) is 0 Å². The Morgan fingerprint density at radius 1 is 0.625 bits per heavy atom. The van der Waals surface area contributed by atoms with Gasteiger partial charge in [-0.05, 0) is 30.3 Å². The van der Waals surface area contributed by atoms with E-state index in [2.05, 4.69) is 82.3 Å². The summed E-state index contributed by atoms with van der Waals surface area (Å²) < 4.78 is 3.39. The maximum atomic E-state index is 5.17. The molecule has 0 unspecified atom stereocenters. The van der Waals surface area contributed by atoms with E-state index in [1.54, 1.807) is 11.3 Å². The first-order valence-corrected chi connectivity index (χ1v) is 11.3. The topological polar surface area (TPSA) is 43.6 Å². The molecule has 0 aliphatic carbocycles. The van der Waals surface area contributed by atoms with Crippen LogP contribution in [0.25, 0.3) is 59.3 Å². The molecule has 3 aromatic carbocycles. The largest absolute Gasteiger partial charge is 0.278 e. The van der Waals surface area contributed by atoms with Gasteiger partial charge in [0.1, 0.15) is 4.83 Å². The van der Waals surface area contributed by atoms with Crippen LogP contribution in [0.3, 0.4) is 0 Å². The molecule has 0 atom stereocenters. The summed E-state index contributed by atoms with van der Waals surface area (Å²) in [4.78, 5) is 15.5. The molecule has 0 radical (unpaired) electrons. The van der Waals surface area contributed by atoms with Crippen molar-refractivity contribution < 1.29 is 0 Å². The van der Waals surface area contributed by atoms with Gasteiger partial charge in [-0.15, -0.1) is 11.3 Å². The van der Waals surface area contributed by atoms with Gasteiger partial charge in [0.25, 0.3) is 0 Å². The fourth-order valence-corrected chi connectivity index (χ4v) is 5.64. The van der Waals surface area contributed by atoms with Crippen LogP contribution in [0.4, 0.5) is 0 Å². The number of hydrogen-bond donors (Lipinski definition) is 0. The van der Waals surface area contributed by atoms with Crippen LogP contribution in [-0.2, 0) is 0 Å². The highest BCUT2D eigenvalue weighted by Gasteiger charge is 2.19. The molecule has 0 bridgehead atoms. The van der Waals surface area contributed by atoms with Crippen molar-refractivity contribution in [2.45, 2.75) is 0 Å². The molecule has 4 nitrogen and oxygen atoms in total. The molecule has 0 saturated heterocycles. The van der Waals surface area contributed by atoms with Crippen LogP contribution >= 0.6 is 11.3 Å². The number of nitrogens with zero attached hydrogens (tertiary/aromatic N) is 4. The number of pyridine rings is 1. The lowest BCUT2D eigenvalue weighted by atomic mass is 10.1. The normalized spacial score (nSPS) is 11.8. The molecule has 5 heteroatoms. The van der Waals surface area contributed by atoms with E-state index in [1.807, 2.05) is 24.5 Å². The molecule has 4 heterocycles. The third-order valence-electron chi connectivity index (χ3n) is 5.96. The van der Waals surface area contributed by atoms with E-state index in [9.17, 15) is 0 Å². The van der Waals surface area contributed by atoms with Crippen molar-refractivity contribution in [3.8, 4) is 17.2 Å². The third kappa shape index (κ3) is 2.46. The maximum absolute atomic E-state index is 5.17. The van der Waals surface area contributed by atoms with E-state index < -0.39 is 0 Å². The second kappa shape index (κ2) is 6.70. The highest BCUT2D eigenvalue weighted by atomic mass is 32.1. The Labute approximate surface area is 187 Å². The van der Waals surface area contributed by atoms with Crippen LogP contribution in [0.2, 0.25) is 0 Å². The van der Waals surface area contributed by atoms with E-state index in [4.69, 9.17) is 9.97 Å². The molecule has 0 fully saturated rings. The van der Waals surface area contributed by atoms with E-state index in [0.29, 0.717) is 5.95 Å².